The van der Waals surface area contributed by atoms with Gasteiger partial charge in [-0.1, -0.05) is 48.5 Å². The Morgan fingerprint density at radius 3 is 0.328 bits per heavy atom. The van der Waals surface area contributed by atoms with Crippen molar-refractivity contribution in [3.63, 3.8) is 0 Å². The predicted molar refractivity (Wildman–Crippen MR) is 258 cm³/mol. The summed E-state index contributed by atoms with van der Waals surface area (Å²) in [6.07, 6.45) is 0. The zero-order chi connectivity index (χ0) is 44.5. The number of aromatic nitrogens is 8. The first-order valence-corrected chi connectivity index (χ1v) is 20.7. The summed E-state index contributed by atoms with van der Waals surface area (Å²) in [5.41, 5.74) is 0. The van der Waals surface area contributed by atoms with Crippen LogP contribution in [0.15, 0.2) is 146 Å². The van der Waals surface area contributed by atoms with E-state index in [0.717, 1.165) is 93.1 Å². The molecule has 0 aromatic carbocycles. The predicted octanol–water partition coefficient (Wildman–Crippen LogP) is 9.30. The normalized spacial score (nSPS) is 13.4. The fourth-order valence-corrected chi connectivity index (χ4v) is 7.22. The zero-order valence-corrected chi connectivity index (χ0v) is 37.0. The highest BCUT2D eigenvalue weighted by atomic mass is 15.3. The van der Waals surface area contributed by atoms with Crippen LogP contribution < -0.4 is 39.2 Å². The van der Waals surface area contributed by atoms with Crippen LogP contribution in [0.1, 0.15) is 0 Å². The average molecular weight is 849 g/mol. The molecule has 1 aliphatic rings. The fourth-order valence-electron chi connectivity index (χ4n) is 7.22. The summed E-state index contributed by atoms with van der Waals surface area (Å²) in [5, 5.41) is 0. The second kappa shape index (κ2) is 17.2. The third-order valence-corrected chi connectivity index (χ3v) is 11.3. The molecule has 0 radical (unpaired) electrons. The van der Waals surface area contributed by atoms with Crippen LogP contribution in [-0.2, 0) is 0 Å². The molecule has 8 aromatic heterocycles. The fraction of sp³-hybridized carbons (Fsp3) is 0.167. The second-order valence-electron chi connectivity index (χ2n) is 15.3. The van der Waals surface area contributed by atoms with E-state index in [1.807, 2.05) is 241 Å². The highest BCUT2D eigenvalue weighted by Gasteiger charge is 2.19. The average Bonchev–Trinajstić information content (AvgIpc) is 3.36. The number of rotatable bonds is 0. The molecule has 64 heavy (non-hydrogen) atoms. The van der Waals surface area contributed by atoms with Crippen molar-refractivity contribution in [2.75, 3.05) is 95.6 Å². The second-order valence-corrected chi connectivity index (χ2v) is 15.3. The highest BCUT2D eigenvalue weighted by molar-refractivity contribution is 5.70. The summed E-state index contributed by atoms with van der Waals surface area (Å²) in [7, 11) is 15.7. The van der Waals surface area contributed by atoms with Crippen LogP contribution in [0.3, 0.4) is 0 Å². The van der Waals surface area contributed by atoms with E-state index < -0.39 is 0 Å². The first-order valence-electron chi connectivity index (χ1n) is 20.7. The Hall–Kier alpha value is -8.40. The molecule has 8 aromatic rings. The lowest BCUT2D eigenvalue weighted by molar-refractivity contribution is 0.997. The van der Waals surface area contributed by atoms with Crippen molar-refractivity contribution in [2.24, 2.45) is 0 Å². The maximum atomic E-state index is 5.05. The van der Waals surface area contributed by atoms with Gasteiger partial charge in [-0.05, 0) is 97.1 Å². The van der Waals surface area contributed by atoms with Crippen molar-refractivity contribution in [2.45, 2.75) is 0 Å². The topological polar surface area (TPSA) is 129 Å². The van der Waals surface area contributed by atoms with Gasteiger partial charge in [0, 0.05) is 56.4 Å². The van der Waals surface area contributed by atoms with Gasteiger partial charge in [-0.15, -0.1) is 0 Å². The Morgan fingerprint density at radius 2 is 0.250 bits per heavy atom. The van der Waals surface area contributed by atoms with Crippen LogP contribution in [0.4, 0.5) is 93.1 Å². The van der Waals surface area contributed by atoms with E-state index in [1.165, 1.54) is 0 Å². The summed E-state index contributed by atoms with van der Waals surface area (Å²) >= 11 is 0. The van der Waals surface area contributed by atoms with Gasteiger partial charge < -0.3 is 39.2 Å². The van der Waals surface area contributed by atoms with E-state index >= 15 is 0 Å². The molecule has 0 saturated carbocycles. The number of fused-ring (bicyclic) bond motifs is 16. The lowest BCUT2D eigenvalue weighted by Crippen LogP contribution is -2.20. The summed E-state index contributed by atoms with van der Waals surface area (Å²) in [6, 6.07) is 47.3. The molecule has 0 unspecified atom stereocenters. The quantitative estimate of drug-likeness (QED) is 0.144. The molecule has 0 saturated heterocycles. The number of pyridine rings is 8. The number of anilines is 16. The lowest BCUT2D eigenvalue weighted by atomic mass is 10.3. The number of hydrogen-bond donors (Lipinski definition) is 0. The smallest absolute Gasteiger partial charge is 0.136 e. The summed E-state index contributed by atoms with van der Waals surface area (Å²) < 4.78 is 0. The molecule has 16 nitrogen and oxygen atoms in total. The van der Waals surface area contributed by atoms with Crippen molar-refractivity contribution >= 4 is 93.1 Å². The molecule has 16 bridgehead atoms. The molecule has 1 aliphatic heterocycles. The maximum Gasteiger partial charge on any atom is 0.136 e. The molecule has 320 valence electrons. The Morgan fingerprint density at radius 1 is 0.172 bits per heavy atom. The number of nitrogens with zero attached hydrogens (tertiary/aromatic N) is 16. The van der Waals surface area contributed by atoms with Crippen molar-refractivity contribution in [1.29, 1.82) is 0 Å². The minimum absolute atomic E-state index is 0.721. The molecular weight excluding hydrogens is 801 g/mol. The molecule has 0 N–H and O–H groups in total. The van der Waals surface area contributed by atoms with E-state index in [0.29, 0.717) is 0 Å². The lowest BCUT2D eigenvalue weighted by Gasteiger charge is -2.26. The van der Waals surface area contributed by atoms with Crippen molar-refractivity contribution < 1.29 is 0 Å². The molecular formula is C48H48N16. The van der Waals surface area contributed by atoms with Gasteiger partial charge in [0.1, 0.15) is 93.1 Å². The minimum atomic E-state index is 0.721. The molecule has 0 amide bonds. The third kappa shape index (κ3) is 8.07. The first kappa shape index (κ1) is 41.0. The number of hydrogen-bond acceptors (Lipinski definition) is 16. The van der Waals surface area contributed by atoms with E-state index in [-0.39, 0.29) is 0 Å². The van der Waals surface area contributed by atoms with Crippen LogP contribution in [0.25, 0.3) is 0 Å². The minimum Gasteiger partial charge on any atom is -0.314 e. The molecule has 0 fully saturated rings. The van der Waals surface area contributed by atoms with Gasteiger partial charge >= 0.3 is 0 Å². The van der Waals surface area contributed by atoms with Gasteiger partial charge in [0.2, 0.25) is 0 Å². The van der Waals surface area contributed by atoms with E-state index in [4.69, 9.17) is 39.9 Å². The molecule has 9 rings (SSSR count). The largest absolute Gasteiger partial charge is 0.314 e. The van der Waals surface area contributed by atoms with Gasteiger partial charge in [-0.25, -0.2) is 39.9 Å². The van der Waals surface area contributed by atoms with Gasteiger partial charge in [-0.3, -0.25) is 0 Å². The Bertz CT molecular complexity index is 2200. The first-order chi connectivity index (χ1) is 31.0. The molecule has 0 atom stereocenters. The maximum absolute atomic E-state index is 5.05. The van der Waals surface area contributed by atoms with Crippen LogP contribution >= 0.6 is 0 Å². The summed E-state index contributed by atoms with van der Waals surface area (Å²) in [4.78, 5) is 56.1. The molecule has 0 aliphatic carbocycles. The van der Waals surface area contributed by atoms with Crippen molar-refractivity contribution in [3.05, 3.63) is 146 Å². The van der Waals surface area contributed by atoms with Gasteiger partial charge in [0.05, 0.1) is 0 Å². The standard InChI is InChI=1S/C48H48N16/c1-57-33-17-9-19-35(49-33)58(2)37-21-11-23-39(51-37)60(4)41-25-13-27-43(53-41)62(6)45-29-15-31-47(55-45)64(8)48-32-16-30-46(56-48)63(7)44-28-14-26-42(54-44)61(5)40-24-12-22-38(52-40)59(3)36-20-10-18-34(57)50-36/h9-32H,1-8H3. The Balaban J connectivity index is 1.11. The Kier molecular flexibility index (Phi) is 11.0. The van der Waals surface area contributed by atoms with Gasteiger partial charge in [0.15, 0.2) is 0 Å². The Labute approximate surface area is 373 Å². The van der Waals surface area contributed by atoms with Crippen LogP contribution in [0.2, 0.25) is 0 Å². The summed E-state index contributed by atoms with van der Waals surface area (Å²) in [5.74, 6) is 11.5. The third-order valence-electron chi connectivity index (χ3n) is 11.3. The van der Waals surface area contributed by atoms with Crippen LogP contribution in [0.5, 0.6) is 0 Å². The van der Waals surface area contributed by atoms with Crippen LogP contribution in [0, 0.1) is 0 Å². The van der Waals surface area contributed by atoms with Crippen LogP contribution in [-0.4, -0.2) is 96.3 Å². The molecule has 16 heteroatoms. The van der Waals surface area contributed by atoms with E-state index in [2.05, 4.69) is 0 Å². The summed E-state index contributed by atoms with van der Waals surface area (Å²) in [6.45, 7) is 0. The van der Waals surface area contributed by atoms with Gasteiger partial charge in [-0.2, -0.15) is 0 Å². The zero-order valence-electron chi connectivity index (χ0n) is 37.0. The monoisotopic (exact) mass is 848 g/mol. The highest BCUT2D eigenvalue weighted by Crippen LogP contribution is 2.33. The molecule has 9 heterocycles. The van der Waals surface area contributed by atoms with Crippen molar-refractivity contribution in [3.8, 4) is 0 Å². The van der Waals surface area contributed by atoms with Gasteiger partial charge in [0.25, 0.3) is 0 Å². The van der Waals surface area contributed by atoms with E-state index in [9.17, 15) is 0 Å². The van der Waals surface area contributed by atoms with Crippen molar-refractivity contribution in [1.82, 2.24) is 39.9 Å². The van der Waals surface area contributed by atoms with E-state index in [1.54, 1.807) is 0 Å². The SMILES string of the molecule is CN1c2cccc(n2)N(C)c2cccc(n2)N(C)c2cccc(n2)N(C)c2cccc(n2)N(C)c2cccc(n2)N(C)c2cccc(n2)N(C)c2cccc(n2)N(C)c2cccc1n2. The molecule has 0 spiro atoms.